The number of unbranched alkanes of at least 4 members (excludes halogenated alkanes) is 8. The van der Waals surface area contributed by atoms with Crippen LogP contribution in [0.4, 0.5) is 0 Å². The third-order valence-electron chi connectivity index (χ3n) is 4.20. The van der Waals surface area contributed by atoms with E-state index in [0.717, 1.165) is 18.8 Å². The van der Waals surface area contributed by atoms with Crippen LogP contribution in [0.5, 0.6) is 0 Å². The lowest BCUT2D eigenvalue weighted by Crippen LogP contribution is -2.05. The molecule has 1 aliphatic carbocycles. The first-order valence-electron chi connectivity index (χ1n) is 8.98. The highest BCUT2D eigenvalue weighted by molar-refractivity contribution is 5.69. The van der Waals surface area contributed by atoms with Crippen molar-refractivity contribution in [3.63, 3.8) is 0 Å². The van der Waals surface area contributed by atoms with E-state index in [-0.39, 0.29) is 5.97 Å². The van der Waals surface area contributed by atoms with Gasteiger partial charge in [-0.25, -0.2) is 0 Å². The number of rotatable bonds is 14. The van der Waals surface area contributed by atoms with Crippen LogP contribution in [-0.4, -0.2) is 12.6 Å². The molecule has 0 bridgehead atoms. The van der Waals surface area contributed by atoms with Crippen molar-refractivity contribution >= 4 is 5.97 Å². The summed E-state index contributed by atoms with van der Waals surface area (Å²) < 4.78 is 5.27. The van der Waals surface area contributed by atoms with Gasteiger partial charge in [-0.15, -0.1) is 0 Å². The molecule has 2 nitrogen and oxygen atoms in total. The first-order valence-corrected chi connectivity index (χ1v) is 8.98. The van der Waals surface area contributed by atoms with E-state index in [1.54, 1.807) is 0 Å². The Morgan fingerprint density at radius 1 is 0.900 bits per heavy atom. The van der Waals surface area contributed by atoms with Gasteiger partial charge in [0.25, 0.3) is 0 Å². The molecule has 0 spiro atoms. The molecule has 2 heteroatoms. The van der Waals surface area contributed by atoms with Crippen LogP contribution >= 0.6 is 0 Å². The Bertz CT molecular complexity index is 234. The van der Waals surface area contributed by atoms with Gasteiger partial charge in [-0.1, -0.05) is 77.6 Å². The Balaban J connectivity index is 1.73. The highest BCUT2D eigenvalue weighted by atomic mass is 16.5. The van der Waals surface area contributed by atoms with Crippen LogP contribution < -0.4 is 0 Å². The van der Waals surface area contributed by atoms with Gasteiger partial charge < -0.3 is 4.74 Å². The molecular formula is C18H34O2. The van der Waals surface area contributed by atoms with Crippen LogP contribution in [0, 0.1) is 5.92 Å². The van der Waals surface area contributed by atoms with Gasteiger partial charge in [-0.2, -0.15) is 0 Å². The molecule has 0 aromatic carbocycles. The van der Waals surface area contributed by atoms with Gasteiger partial charge in [0.2, 0.25) is 0 Å². The van der Waals surface area contributed by atoms with Crippen LogP contribution in [0.15, 0.2) is 0 Å². The quantitative estimate of drug-likeness (QED) is 0.304. The van der Waals surface area contributed by atoms with E-state index < -0.39 is 0 Å². The van der Waals surface area contributed by atoms with Crippen LogP contribution in [0.1, 0.15) is 96.8 Å². The van der Waals surface area contributed by atoms with Gasteiger partial charge in [-0.3, -0.25) is 4.79 Å². The summed E-state index contributed by atoms with van der Waals surface area (Å²) in [6.45, 7) is 2.88. The monoisotopic (exact) mass is 282 g/mol. The number of hydrogen-bond acceptors (Lipinski definition) is 2. The average Bonchev–Trinajstić information content (AvgIpc) is 3.26. The summed E-state index contributed by atoms with van der Waals surface area (Å²) in [6.07, 6.45) is 17.3. The third-order valence-corrected chi connectivity index (χ3v) is 4.20. The topological polar surface area (TPSA) is 26.3 Å². The van der Waals surface area contributed by atoms with E-state index in [0.29, 0.717) is 13.0 Å². The zero-order valence-corrected chi connectivity index (χ0v) is 13.5. The van der Waals surface area contributed by atoms with Gasteiger partial charge in [0.15, 0.2) is 0 Å². The summed E-state index contributed by atoms with van der Waals surface area (Å²) >= 11 is 0. The van der Waals surface area contributed by atoms with Crippen molar-refractivity contribution in [2.75, 3.05) is 6.61 Å². The van der Waals surface area contributed by atoms with Gasteiger partial charge in [0, 0.05) is 6.42 Å². The highest BCUT2D eigenvalue weighted by Crippen LogP contribution is 2.33. The summed E-state index contributed by atoms with van der Waals surface area (Å²) in [7, 11) is 0. The van der Waals surface area contributed by atoms with Crippen LogP contribution in [0.2, 0.25) is 0 Å². The Hall–Kier alpha value is -0.530. The first-order chi connectivity index (χ1) is 9.83. The molecule has 0 unspecified atom stereocenters. The van der Waals surface area contributed by atoms with Crippen LogP contribution in [0.3, 0.4) is 0 Å². The van der Waals surface area contributed by atoms with Crippen molar-refractivity contribution in [2.24, 2.45) is 5.92 Å². The largest absolute Gasteiger partial charge is 0.466 e. The molecule has 0 aromatic heterocycles. The Morgan fingerprint density at radius 2 is 1.55 bits per heavy atom. The van der Waals surface area contributed by atoms with E-state index in [1.807, 2.05) is 0 Å². The molecule has 0 saturated heterocycles. The molecule has 0 atom stereocenters. The zero-order valence-electron chi connectivity index (χ0n) is 13.5. The van der Waals surface area contributed by atoms with Crippen molar-refractivity contribution in [2.45, 2.75) is 96.8 Å². The molecule has 0 radical (unpaired) electrons. The highest BCUT2D eigenvalue weighted by Gasteiger charge is 2.19. The second kappa shape index (κ2) is 12.2. The molecule has 0 N–H and O–H groups in total. The Kier molecular flexibility index (Phi) is 10.7. The minimum Gasteiger partial charge on any atom is -0.466 e. The molecule has 0 heterocycles. The summed E-state index contributed by atoms with van der Waals surface area (Å²) in [5.41, 5.74) is 0. The predicted molar refractivity (Wildman–Crippen MR) is 84.8 cm³/mol. The minimum atomic E-state index is 0.0146. The Labute approximate surface area is 125 Å². The maximum absolute atomic E-state index is 11.5. The average molecular weight is 282 g/mol. The first kappa shape index (κ1) is 17.5. The molecule has 20 heavy (non-hydrogen) atoms. The maximum Gasteiger partial charge on any atom is 0.305 e. The van der Waals surface area contributed by atoms with Gasteiger partial charge in [0.1, 0.15) is 0 Å². The molecule has 118 valence electrons. The molecule has 1 rings (SSSR count). The molecule has 1 saturated carbocycles. The smallest absolute Gasteiger partial charge is 0.305 e. The number of carbonyl (C=O) groups is 1. The van der Waals surface area contributed by atoms with Crippen molar-refractivity contribution in [1.82, 2.24) is 0 Å². The maximum atomic E-state index is 11.5. The standard InChI is InChI=1S/C18H34O2/c1-2-3-4-5-6-7-10-13-18(19)20-16-11-8-9-12-17-14-15-17/h17H,2-16H2,1H3. The summed E-state index contributed by atoms with van der Waals surface area (Å²) in [5.74, 6) is 1.05. The minimum absolute atomic E-state index is 0.0146. The predicted octanol–water partition coefficient (Wildman–Crippen LogP) is 5.64. The number of esters is 1. The third kappa shape index (κ3) is 11.3. The van der Waals surface area contributed by atoms with Crippen LogP contribution in [0.25, 0.3) is 0 Å². The fourth-order valence-electron chi connectivity index (χ4n) is 2.60. The lowest BCUT2D eigenvalue weighted by atomic mass is 10.1. The molecule has 0 amide bonds. The molecule has 0 aromatic rings. The van der Waals surface area contributed by atoms with E-state index in [9.17, 15) is 4.79 Å². The normalized spacial score (nSPS) is 14.4. The van der Waals surface area contributed by atoms with Gasteiger partial charge in [-0.05, 0) is 18.8 Å². The second-order valence-corrected chi connectivity index (χ2v) is 6.38. The van der Waals surface area contributed by atoms with Crippen molar-refractivity contribution in [1.29, 1.82) is 0 Å². The van der Waals surface area contributed by atoms with Crippen molar-refractivity contribution < 1.29 is 9.53 Å². The van der Waals surface area contributed by atoms with E-state index in [1.165, 1.54) is 70.6 Å². The lowest BCUT2D eigenvalue weighted by molar-refractivity contribution is -0.143. The fourth-order valence-corrected chi connectivity index (χ4v) is 2.60. The summed E-state index contributed by atoms with van der Waals surface area (Å²) in [4.78, 5) is 11.5. The molecule has 1 aliphatic rings. The number of ether oxygens (including phenoxy) is 1. The summed E-state index contributed by atoms with van der Waals surface area (Å²) in [6, 6.07) is 0. The van der Waals surface area contributed by atoms with E-state index in [2.05, 4.69) is 6.92 Å². The van der Waals surface area contributed by atoms with Gasteiger partial charge >= 0.3 is 5.97 Å². The second-order valence-electron chi connectivity index (χ2n) is 6.38. The fraction of sp³-hybridized carbons (Fsp3) is 0.944. The van der Waals surface area contributed by atoms with Crippen molar-refractivity contribution in [3.8, 4) is 0 Å². The summed E-state index contributed by atoms with van der Waals surface area (Å²) in [5, 5.41) is 0. The Morgan fingerprint density at radius 3 is 2.25 bits per heavy atom. The molecular weight excluding hydrogens is 248 g/mol. The van der Waals surface area contributed by atoms with Gasteiger partial charge in [0.05, 0.1) is 6.61 Å². The van der Waals surface area contributed by atoms with Crippen molar-refractivity contribution in [3.05, 3.63) is 0 Å². The van der Waals surface area contributed by atoms with E-state index in [4.69, 9.17) is 4.74 Å². The van der Waals surface area contributed by atoms with E-state index >= 15 is 0 Å². The zero-order chi connectivity index (χ0) is 14.5. The number of carbonyl (C=O) groups excluding carboxylic acids is 1. The molecule has 0 aliphatic heterocycles. The van der Waals surface area contributed by atoms with Crippen LogP contribution in [-0.2, 0) is 9.53 Å². The number of hydrogen-bond donors (Lipinski definition) is 0. The molecule has 1 fully saturated rings. The lowest BCUT2D eigenvalue weighted by Gasteiger charge is -2.05. The SMILES string of the molecule is CCCCCCCCCC(=O)OCCCCCC1CC1.